The van der Waals surface area contributed by atoms with Crippen LogP contribution in [0, 0.1) is 0 Å². The van der Waals surface area contributed by atoms with Gasteiger partial charge in [-0.1, -0.05) is 28.9 Å². The lowest BCUT2D eigenvalue weighted by atomic mass is 10.2. The summed E-state index contributed by atoms with van der Waals surface area (Å²) in [6, 6.07) is 8.03. The highest BCUT2D eigenvalue weighted by Gasteiger charge is 2.08. The standard InChI is InChI=1S/C15H16Br2O2S/c1-2-6-18-12-4-3-11(9-16)14(8-12)19-10-15-13(17)5-7-20-15/h3-5,7-8H,2,6,9-10H2,1H3. The van der Waals surface area contributed by atoms with E-state index in [1.165, 1.54) is 4.88 Å². The monoisotopic (exact) mass is 418 g/mol. The third-order valence-electron chi connectivity index (χ3n) is 2.71. The summed E-state index contributed by atoms with van der Waals surface area (Å²) in [5.41, 5.74) is 1.13. The molecule has 0 atom stereocenters. The fraction of sp³-hybridized carbons (Fsp3) is 0.333. The summed E-state index contributed by atoms with van der Waals surface area (Å²) in [5, 5.41) is 2.82. The smallest absolute Gasteiger partial charge is 0.127 e. The van der Waals surface area contributed by atoms with Gasteiger partial charge in [-0.2, -0.15) is 0 Å². The summed E-state index contributed by atoms with van der Waals surface area (Å²) >= 11 is 8.70. The van der Waals surface area contributed by atoms with Gasteiger partial charge in [-0.25, -0.2) is 0 Å². The van der Waals surface area contributed by atoms with Gasteiger partial charge in [0.1, 0.15) is 18.1 Å². The second kappa shape index (κ2) is 8.05. The lowest BCUT2D eigenvalue weighted by Crippen LogP contribution is -1.99. The van der Waals surface area contributed by atoms with Crippen LogP contribution < -0.4 is 9.47 Å². The van der Waals surface area contributed by atoms with Crippen LogP contribution >= 0.6 is 43.2 Å². The van der Waals surface area contributed by atoms with E-state index in [9.17, 15) is 0 Å². The second-order valence-electron chi connectivity index (χ2n) is 4.23. The van der Waals surface area contributed by atoms with Gasteiger partial charge in [0.2, 0.25) is 0 Å². The van der Waals surface area contributed by atoms with E-state index in [-0.39, 0.29) is 0 Å². The first-order chi connectivity index (χ1) is 9.74. The van der Waals surface area contributed by atoms with Crippen LogP contribution in [0.1, 0.15) is 23.8 Å². The molecule has 2 rings (SSSR count). The van der Waals surface area contributed by atoms with Gasteiger partial charge in [0, 0.05) is 21.4 Å². The summed E-state index contributed by atoms with van der Waals surface area (Å²) in [7, 11) is 0. The molecule has 2 nitrogen and oxygen atoms in total. The zero-order chi connectivity index (χ0) is 14.4. The van der Waals surface area contributed by atoms with Gasteiger partial charge in [-0.3, -0.25) is 0 Å². The number of alkyl halides is 1. The Bertz CT molecular complexity index is 555. The molecule has 0 spiro atoms. The van der Waals surface area contributed by atoms with Crippen molar-refractivity contribution in [2.45, 2.75) is 25.3 Å². The van der Waals surface area contributed by atoms with Gasteiger partial charge in [-0.05, 0) is 39.9 Å². The number of rotatable bonds is 7. The molecule has 0 aliphatic carbocycles. The number of halogens is 2. The summed E-state index contributed by atoms with van der Waals surface area (Å²) in [4.78, 5) is 1.19. The maximum Gasteiger partial charge on any atom is 0.127 e. The lowest BCUT2D eigenvalue weighted by molar-refractivity contribution is 0.295. The van der Waals surface area contributed by atoms with Crippen LogP contribution in [0.3, 0.4) is 0 Å². The van der Waals surface area contributed by atoms with E-state index in [1.54, 1.807) is 11.3 Å². The second-order valence-corrected chi connectivity index (χ2v) is 6.65. The fourth-order valence-electron chi connectivity index (χ4n) is 1.66. The van der Waals surface area contributed by atoms with Gasteiger partial charge in [-0.15, -0.1) is 11.3 Å². The Morgan fingerprint density at radius 3 is 2.70 bits per heavy atom. The molecule has 2 aromatic rings. The topological polar surface area (TPSA) is 18.5 Å². The summed E-state index contributed by atoms with van der Waals surface area (Å²) in [5.74, 6) is 1.73. The molecule has 0 saturated heterocycles. The first-order valence-corrected chi connectivity index (χ1v) is 9.20. The SMILES string of the molecule is CCCOc1ccc(CBr)c(OCc2sccc2Br)c1. The highest BCUT2D eigenvalue weighted by Crippen LogP contribution is 2.29. The van der Waals surface area contributed by atoms with Crippen molar-refractivity contribution in [1.29, 1.82) is 0 Å². The summed E-state index contributed by atoms with van der Waals surface area (Å²) < 4.78 is 12.7. The highest BCUT2D eigenvalue weighted by atomic mass is 79.9. The molecule has 1 aromatic heterocycles. The zero-order valence-electron chi connectivity index (χ0n) is 11.2. The normalized spacial score (nSPS) is 10.6. The first kappa shape index (κ1) is 15.9. The molecule has 0 saturated carbocycles. The molecule has 0 amide bonds. The molecule has 0 unspecified atom stereocenters. The van der Waals surface area contributed by atoms with E-state index >= 15 is 0 Å². The molecule has 0 fully saturated rings. The molecule has 20 heavy (non-hydrogen) atoms. The molecule has 0 aliphatic rings. The predicted octanol–water partition coefficient (Wildman–Crippen LogP) is 5.77. The van der Waals surface area contributed by atoms with E-state index in [0.29, 0.717) is 6.61 Å². The van der Waals surface area contributed by atoms with Gasteiger partial charge < -0.3 is 9.47 Å². The molecule has 108 valence electrons. The first-order valence-electron chi connectivity index (χ1n) is 6.41. The van der Waals surface area contributed by atoms with Crippen molar-refractivity contribution in [3.8, 4) is 11.5 Å². The third kappa shape index (κ3) is 4.24. The van der Waals surface area contributed by atoms with E-state index < -0.39 is 0 Å². The Labute approximate surface area is 140 Å². The number of thiophene rings is 1. The van der Waals surface area contributed by atoms with Crippen LogP contribution in [0.5, 0.6) is 11.5 Å². The molecular weight excluding hydrogens is 404 g/mol. The molecule has 0 radical (unpaired) electrons. The predicted molar refractivity (Wildman–Crippen MR) is 91.2 cm³/mol. The van der Waals surface area contributed by atoms with E-state index in [1.807, 2.05) is 24.3 Å². The zero-order valence-corrected chi connectivity index (χ0v) is 15.2. The van der Waals surface area contributed by atoms with Crippen molar-refractivity contribution in [2.24, 2.45) is 0 Å². The molecule has 1 aromatic carbocycles. The Hall–Kier alpha value is -0.520. The number of benzene rings is 1. The van der Waals surface area contributed by atoms with Gasteiger partial charge in [0.15, 0.2) is 0 Å². The van der Waals surface area contributed by atoms with Gasteiger partial charge >= 0.3 is 0 Å². The molecule has 0 aliphatic heterocycles. The molecule has 0 N–H and O–H groups in total. The van der Waals surface area contributed by atoms with E-state index in [4.69, 9.17) is 9.47 Å². The van der Waals surface area contributed by atoms with E-state index in [2.05, 4.69) is 44.2 Å². The van der Waals surface area contributed by atoms with Gasteiger partial charge in [0.05, 0.1) is 11.5 Å². The Morgan fingerprint density at radius 2 is 2.05 bits per heavy atom. The van der Waals surface area contributed by atoms with Gasteiger partial charge in [0.25, 0.3) is 0 Å². The molecule has 0 bridgehead atoms. The Kier molecular flexibility index (Phi) is 6.39. The van der Waals surface area contributed by atoms with Crippen molar-refractivity contribution < 1.29 is 9.47 Å². The maximum atomic E-state index is 5.94. The van der Waals surface area contributed by atoms with Crippen molar-refractivity contribution in [1.82, 2.24) is 0 Å². The van der Waals surface area contributed by atoms with Crippen LogP contribution in [0.25, 0.3) is 0 Å². The largest absolute Gasteiger partial charge is 0.493 e. The number of ether oxygens (including phenoxy) is 2. The molecule has 5 heteroatoms. The quantitative estimate of drug-likeness (QED) is 0.530. The van der Waals surface area contributed by atoms with Crippen molar-refractivity contribution >= 4 is 43.2 Å². The van der Waals surface area contributed by atoms with Crippen LogP contribution in [0.4, 0.5) is 0 Å². The minimum absolute atomic E-state index is 0.565. The Balaban J connectivity index is 2.09. The summed E-state index contributed by atoms with van der Waals surface area (Å²) in [6.45, 7) is 3.39. The number of hydrogen-bond donors (Lipinski definition) is 0. The Morgan fingerprint density at radius 1 is 1.20 bits per heavy atom. The average Bonchev–Trinajstić information content (AvgIpc) is 2.88. The van der Waals surface area contributed by atoms with Crippen molar-refractivity contribution in [3.05, 3.63) is 44.6 Å². The fourth-order valence-corrected chi connectivity index (χ4v) is 3.50. The van der Waals surface area contributed by atoms with Crippen LogP contribution in [0.2, 0.25) is 0 Å². The van der Waals surface area contributed by atoms with Crippen LogP contribution in [-0.2, 0) is 11.9 Å². The molecular formula is C15H16Br2O2S. The number of hydrogen-bond acceptors (Lipinski definition) is 3. The molecule has 1 heterocycles. The van der Waals surface area contributed by atoms with Crippen LogP contribution in [-0.4, -0.2) is 6.61 Å². The highest BCUT2D eigenvalue weighted by molar-refractivity contribution is 9.10. The van der Waals surface area contributed by atoms with Crippen molar-refractivity contribution in [3.63, 3.8) is 0 Å². The van der Waals surface area contributed by atoms with Crippen LogP contribution in [0.15, 0.2) is 34.1 Å². The third-order valence-corrected chi connectivity index (χ3v) is 5.21. The van der Waals surface area contributed by atoms with Crippen molar-refractivity contribution in [2.75, 3.05) is 6.61 Å². The maximum absolute atomic E-state index is 5.94. The average molecular weight is 420 g/mol. The lowest BCUT2D eigenvalue weighted by Gasteiger charge is -2.12. The summed E-state index contributed by atoms with van der Waals surface area (Å²) in [6.07, 6.45) is 0.999. The minimum Gasteiger partial charge on any atom is -0.493 e. The van der Waals surface area contributed by atoms with E-state index in [0.717, 1.165) is 39.9 Å². The minimum atomic E-state index is 0.565.